The van der Waals surface area contributed by atoms with E-state index in [4.69, 9.17) is 4.74 Å². The van der Waals surface area contributed by atoms with E-state index in [1.807, 2.05) is 49.4 Å². The van der Waals surface area contributed by atoms with Gasteiger partial charge in [-0.15, -0.1) is 0 Å². The van der Waals surface area contributed by atoms with E-state index in [9.17, 15) is 13.2 Å². The third-order valence-corrected chi connectivity index (χ3v) is 6.83. The minimum absolute atomic E-state index is 0.00357. The molecule has 2 aromatic carbocycles. The number of hydrogen-bond acceptors (Lipinski definition) is 4. The molecule has 0 spiro atoms. The first-order chi connectivity index (χ1) is 15.2. The Balaban J connectivity index is 1.67. The number of nitrogens with zero attached hydrogens (tertiary/aromatic N) is 1. The molecule has 0 saturated carbocycles. The summed E-state index contributed by atoms with van der Waals surface area (Å²) in [5, 5.41) is 0. The van der Waals surface area contributed by atoms with Gasteiger partial charge < -0.3 is 9.22 Å². The predicted molar refractivity (Wildman–Crippen MR) is 130 cm³/mol. The average Bonchev–Trinajstić information content (AvgIpc) is 2.79. The number of carbonyl (C=O) groups is 1. The molecule has 0 bridgehead atoms. The Morgan fingerprint density at radius 1 is 0.906 bits per heavy atom. The van der Waals surface area contributed by atoms with E-state index in [0.29, 0.717) is 30.7 Å². The molecule has 0 aromatic heterocycles. The molecule has 0 unspecified atom stereocenters. The molecule has 0 aliphatic rings. The summed E-state index contributed by atoms with van der Waals surface area (Å²) >= 11 is 0. The zero-order chi connectivity index (χ0) is 23.5. The first-order valence-electron chi connectivity index (χ1n) is 11.3. The Hall–Kier alpha value is -2.22. The lowest BCUT2D eigenvalue weighted by atomic mass is 10.0. The largest absolute Gasteiger partial charge is 0.493 e. The maximum atomic E-state index is 12.5. The fourth-order valence-corrected chi connectivity index (χ4v) is 4.66. The van der Waals surface area contributed by atoms with Gasteiger partial charge >= 0.3 is 0 Å². The molecule has 32 heavy (non-hydrogen) atoms. The smallest absolute Gasteiger partial charge is 0.211 e. The zero-order valence-corrected chi connectivity index (χ0v) is 20.4. The summed E-state index contributed by atoms with van der Waals surface area (Å²) in [5.74, 6) is 0.964. The number of hydrogen-bond donors (Lipinski definition) is 1. The van der Waals surface area contributed by atoms with Crippen LogP contribution in [0.15, 0.2) is 54.6 Å². The van der Waals surface area contributed by atoms with Gasteiger partial charge in [0.15, 0.2) is 5.78 Å². The molecular weight excluding hydrogens is 424 g/mol. The molecule has 6 nitrogen and oxygen atoms in total. The maximum Gasteiger partial charge on any atom is 0.211 e. The number of sulfonamides is 1. The molecule has 0 saturated heterocycles. The lowest BCUT2D eigenvalue weighted by Crippen LogP contribution is -2.43. The number of nitrogens with one attached hydrogen (secondary N) is 1. The summed E-state index contributed by atoms with van der Waals surface area (Å²) in [6.45, 7) is 4.90. The minimum atomic E-state index is -3.14. The monoisotopic (exact) mass is 461 g/mol. The average molecular weight is 462 g/mol. The number of benzene rings is 2. The van der Waals surface area contributed by atoms with Gasteiger partial charge in [-0.3, -0.25) is 4.79 Å². The van der Waals surface area contributed by atoms with Crippen LogP contribution >= 0.6 is 0 Å². The topological polar surface area (TPSA) is 72.5 Å². The Labute approximate surface area is 193 Å². The van der Waals surface area contributed by atoms with Crippen molar-refractivity contribution in [2.24, 2.45) is 0 Å². The first-order valence-corrected chi connectivity index (χ1v) is 13.0. The van der Waals surface area contributed by atoms with Gasteiger partial charge in [0.1, 0.15) is 5.75 Å². The number of quaternary nitrogens is 1. The van der Waals surface area contributed by atoms with Crippen LogP contribution in [0.1, 0.15) is 48.5 Å². The van der Waals surface area contributed by atoms with Crippen LogP contribution in [0.4, 0.5) is 0 Å². The highest BCUT2D eigenvalue weighted by atomic mass is 32.2. The lowest BCUT2D eigenvalue weighted by Gasteiger charge is -2.29. The number of ether oxygens (including phenoxy) is 1. The summed E-state index contributed by atoms with van der Waals surface area (Å²) in [5.41, 5.74) is 1.32. The second-order valence-electron chi connectivity index (χ2n) is 8.72. The van der Waals surface area contributed by atoms with Crippen LogP contribution in [-0.2, 0) is 10.0 Å². The molecule has 0 heterocycles. The minimum Gasteiger partial charge on any atom is -0.493 e. The van der Waals surface area contributed by atoms with E-state index in [-0.39, 0.29) is 11.5 Å². The summed E-state index contributed by atoms with van der Waals surface area (Å²) in [7, 11) is 1.16. The van der Waals surface area contributed by atoms with Crippen molar-refractivity contribution in [1.82, 2.24) is 4.72 Å². The number of rotatable bonds is 15. The molecular formula is C25H37N2O4S+. The normalized spacial score (nSPS) is 12.0. The van der Waals surface area contributed by atoms with Gasteiger partial charge in [-0.1, -0.05) is 43.7 Å². The Bertz CT molecular complexity index is 926. The molecule has 176 valence electrons. The first kappa shape index (κ1) is 26.0. The molecule has 0 aliphatic carbocycles. The molecule has 0 aliphatic heterocycles. The van der Waals surface area contributed by atoms with Gasteiger partial charge in [0.25, 0.3) is 0 Å². The standard InChI is InChI=1S/C25H37N2O4S/c1-4-5-21-32(29,30)26-17-9-18-27(2,3)19-10-20-31-24-15-13-23(14-16-24)25(28)22-11-7-6-8-12-22/h6-8,11-16,26H,4-5,9-10,17-21H2,1-3H3/q+1. The summed E-state index contributed by atoms with van der Waals surface area (Å²) in [6.07, 6.45) is 3.27. The van der Waals surface area contributed by atoms with E-state index in [1.165, 1.54) is 0 Å². The highest BCUT2D eigenvalue weighted by Gasteiger charge is 2.16. The summed E-state index contributed by atoms with van der Waals surface area (Å²) < 4.78 is 33.0. The second kappa shape index (κ2) is 12.7. The SMILES string of the molecule is CCCCS(=O)(=O)NCCC[N+](C)(C)CCCOc1ccc(C(=O)c2ccccc2)cc1. The molecule has 0 fully saturated rings. The van der Waals surface area contributed by atoms with E-state index in [0.717, 1.165) is 42.6 Å². The van der Waals surface area contributed by atoms with Crippen molar-refractivity contribution in [3.63, 3.8) is 0 Å². The summed E-state index contributed by atoms with van der Waals surface area (Å²) in [4.78, 5) is 12.5. The third-order valence-electron chi connectivity index (χ3n) is 5.36. The number of ketones is 1. The van der Waals surface area contributed by atoms with Crippen molar-refractivity contribution in [2.45, 2.75) is 32.6 Å². The van der Waals surface area contributed by atoms with Crippen molar-refractivity contribution in [3.8, 4) is 5.75 Å². The van der Waals surface area contributed by atoms with Gasteiger partial charge in [0.05, 0.1) is 39.5 Å². The quantitative estimate of drug-likeness (QED) is 0.248. The van der Waals surface area contributed by atoms with Gasteiger partial charge in [-0.05, 0) is 30.7 Å². The van der Waals surface area contributed by atoms with E-state index < -0.39 is 10.0 Å². The van der Waals surface area contributed by atoms with E-state index >= 15 is 0 Å². The molecule has 0 radical (unpaired) electrons. The molecule has 0 atom stereocenters. The summed E-state index contributed by atoms with van der Waals surface area (Å²) in [6, 6.07) is 16.5. The number of carbonyl (C=O) groups excluding carboxylic acids is 1. The fourth-order valence-electron chi connectivity index (χ4n) is 3.39. The van der Waals surface area contributed by atoms with Crippen LogP contribution in [0.5, 0.6) is 5.75 Å². The maximum absolute atomic E-state index is 12.5. The van der Waals surface area contributed by atoms with Crippen LogP contribution < -0.4 is 9.46 Å². The molecule has 2 rings (SSSR count). The van der Waals surface area contributed by atoms with E-state index in [1.54, 1.807) is 12.1 Å². The van der Waals surface area contributed by atoms with Gasteiger partial charge in [-0.25, -0.2) is 13.1 Å². The van der Waals surface area contributed by atoms with Crippen molar-refractivity contribution in [2.75, 3.05) is 46.1 Å². The van der Waals surface area contributed by atoms with Gasteiger partial charge in [0, 0.05) is 30.5 Å². The Kier molecular flexibility index (Phi) is 10.4. The van der Waals surface area contributed by atoms with Crippen molar-refractivity contribution < 1.29 is 22.4 Å². The molecule has 0 amide bonds. The highest BCUT2D eigenvalue weighted by Crippen LogP contribution is 2.16. The van der Waals surface area contributed by atoms with Crippen molar-refractivity contribution >= 4 is 15.8 Å². The van der Waals surface area contributed by atoms with Crippen LogP contribution in [0.25, 0.3) is 0 Å². The highest BCUT2D eigenvalue weighted by molar-refractivity contribution is 7.89. The lowest BCUT2D eigenvalue weighted by molar-refractivity contribution is -0.890. The van der Waals surface area contributed by atoms with Crippen molar-refractivity contribution in [3.05, 3.63) is 65.7 Å². The second-order valence-corrected chi connectivity index (χ2v) is 10.7. The Morgan fingerprint density at radius 3 is 2.19 bits per heavy atom. The van der Waals surface area contributed by atoms with Crippen LogP contribution in [-0.4, -0.2) is 64.8 Å². The predicted octanol–water partition coefficient (Wildman–Crippen LogP) is 3.87. The van der Waals surface area contributed by atoms with Crippen LogP contribution in [0.2, 0.25) is 0 Å². The molecule has 7 heteroatoms. The van der Waals surface area contributed by atoms with Gasteiger partial charge in [0.2, 0.25) is 10.0 Å². The molecule has 1 N–H and O–H groups in total. The van der Waals surface area contributed by atoms with Gasteiger partial charge in [-0.2, -0.15) is 0 Å². The van der Waals surface area contributed by atoms with Crippen molar-refractivity contribution in [1.29, 1.82) is 0 Å². The number of unbranched alkanes of at least 4 members (excludes halogenated alkanes) is 1. The van der Waals surface area contributed by atoms with Crippen LogP contribution in [0.3, 0.4) is 0 Å². The molecule has 2 aromatic rings. The zero-order valence-electron chi connectivity index (χ0n) is 19.5. The fraction of sp³-hybridized carbons (Fsp3) is 0.480. The third kappa shape index (κ3) is 9.51. The van der Waals surface area contributed by atoms with Crippen LogP contribution in [0, 0.1) is 0 Å². The Morgan fingerprint density at radius 2 is 1.53 bits per heavy atom. The van der Waals surface area contributed by atoms with E-state index in [2.05, 4.69) is 18.8 Å².